The van der Waals surface area contributed by atoms with Gasteiger partial charge in [0.15, 0.2) is 0 Å². The Morgan fingerprint density at radius 1 is 1.79 bits per heavy atom. The third-order valence-electron chi connectivity index (χ3n) is 2.60. The fraction of sp³-hybridized carbons (Fsp3) is 0.556. The summed E-state index contributed by atoms with van der Waals surface area (Å²) in [5.41, 5.74) is 0.681. The zero-order chi connectivity index (χ0) is 10.1. The van der Waals surface area contributed by atoms with Crippen LogP contribution in [0.2, 0.25) is 0 Å². The molecule has 1 N–H and O–H groups in total. The van der Waals surface area contributed by atoms with Crippen LogP contribution < -0.4 is 5.32 Å². The molecule has 0 aliphatic heterocycles. The van der Waals surface area contributed by atoms with Gasteiger partial charge in [-0.2, -0.15) is 0 Å². The molecule has 0 spiro atoms. The number of nitro groups is 1. The quantitative estimate of drug-likeness (QED) is 0.616. The van der Waals surface area contributed by atoms with Gasteiger partial charge in [0.2, 0.25) is 0 Å². The average molecular weight is 212 g/mol. The minimum Gasteiger partial charge on any atom is -0.376 e. The first-order chi connectivity index (χ1) is 6.72. The molecule has 0 aromatic carbocycles. The van der Waals surface area contributed by atoms with Crippen LogP contribution in [0.25, 0.3) is 0 Å². The van der Waals surface area contributed by atoms with Gasteiger partial charge < -0.3 is 5.32 Å². The Kier molecular flexibility index (Phi) is 2.41. The summed E-state index contributed by atoms with van der Waals surface area (Å²) in [6.45, 7) is 2.15. The van der Waals surface area contributed by atoms with E-state index in [1.54, 1.807) is 11.4 Å². The average Bonchev–Trinajstić information content (AvgIpc) is 2.71. The maximum Gasteiger partial charge on any atom is 0.347 e. The third kappa shape index (κ3) is 1.72. The van der Waals surface area contributed by atoms with Crippen molar-refractivity contribution < 1.29 is 4.92 Å². The van der Waals surface area contributed by atoms with Crippen LogP contribution in [0.15, 0.2) is 11.4 Å². The molecule has 1 saturated carbocycles. The number of rotatable bonds is 4. The number of anilines is 1. The molecular formula is C9H12N2O2S. The van der Waals surface area contributed by atoms with E-state index in [1.807, 2.05) is 0 Å². The second-order valence-electron chi connectivity index (χ2n) is 3.55. The fourth-order valence-corrected chi connectivity index (χ4v) is 2.30. The minimum absolute atomic E-state index is 0.228. The highest BCUT2D eigenvalue weighted by Gasteiger charge is 2.36. The van der Waals surface area contributed by atoms with Crippen molar-refractivity contribution in [3.05, 3.63) is 21.6 Å². The van der Waals surface area contributed by atoms with E-state index < -0.39 is 0 Å². The molecule has 2 unspecified atom stereocenters. The van der Waals surface area contributed by atoms with Crippen molar-refractivity contribution in [2.24, 2.45) is 5.92 Å². The topological polar surface area (TPSA) is 55.2 Å². The molecule has 1 aliphatic carbocycles. The molecule has 1 aliphatic rings. The first kappa shape index (κ1) is 9.45. The van der Waals surface area contributed by atoms with Gasteiger partial charge in [0.25, 0.3) is 0 Å². The first-order valence-electron chi connectivity index (χ1n) is 4.70. The van der Waals surface area contributed by atoms with Gasteiger partial charge >= 0.3 is 5.00 Å². The van der Waals surface area contributed by atoms with E-state index in [1.165, 1.54) is 11.3 Å². The van der Waals surface area contributed by atoms with Gasteiger partial charge in [-0.1, -0.05) is 24.7 Å². The van der Waals surface area contributed by atoms with E-state index in [0.29, 0.717) is 17.6 Å². The Morgan fingerprint density at radius 2 is 2.57 bits per heavy atom. The van der Waals surface area contributed by atoms with E-state index in [9.17, 15) is 10.1 Å². The maximum atomic E-state index is 10.6. The van der Waals surface area contributed by atoms with Gasteiger partial charge in [-0.05, 0) is 23.8 Å². The number of hydrogen-bond acceptors (Lipinski definition) is 4. The molecule has 0 amide bonds. The molecule has 0 radical (unpaired) electrons. The van der Waals surface area contributed by atoms with Gasteiger partial charge in [-0.15, -0.1) is 0 Å². The lowest BCUT2D eigenvalue weighted by Gasteiger charge is -2.01. The van der Waals surface area contributed by atoms with Gasteiger partial charge in [0, 0.05) is 6.04 Å². The van der Waals surface area contributed by atoms with Crippen LogP contribution in [0, 0.1) is 16.0 Å². The Bertz CT molecular complexity index is 350. The summed E-state index contributed by atoms with van der Waals surface area (Å²) in [6, 6.07) is 2.24. The molecular weight excluding hydrogens is 200 g/mol. The monoisotopic (exact) mass is 212 g/mol. The second-order valence-corrected chi connectivity index (χ2v) is 4.45. The van der Waals surface area contributed by atoms with E-state index in [2.05, 4.69) is 12.2 Å². The van der Waals surface area contributed by atoms with Gasteiger partial charge in [-0.3, -0.25) is 10.1 Å². The summed E-state index contributed by atoms with van der Waals surface area (Å²) in [5, 5.41) is 15.8. The highest BCUT2D eigenvalue weighted by molar-refractivity contribution is 7.14. The largest absolute Gasteiger partial charge is 0.376 e. The van der Waals surface area contributed by atoms with E-state index in [4.69, 9.17) is 0 Å². The lowest BCUT2D eigenvalue weighted by Crippen LogP contribution is -2.04. The standard InChI is InChI=1S/C9H12N2O2S/c1-2-6-5-8(6)10-7-3-4-14-9(7)11(12)13/h3-4,6,8,10H,2,5H2,1H3. The molecule has 1 heterocycles. The third-order valence-corrected chi connectivity index (χ3v) is 3.46. The van der Waals surface area contributed by atoms with Crippen molar-refractivity contribution in [3.63, 3.8) is 0 Å². The molecule has 1 aromatic heterocycles. The van der Waals surface area contributed by atoms with E-state index in [-0.39, 0.29) is 9.92 Å². The first-order valence-corrected chi connectivity index (χ1v) is 5.58. The highest BCUT2D eigenvalue weighted by Crippen LogP contribution is 2.39. The Hall–Kier alpha value is -1.10. The summed E-state index contributed by atoms with van der Waals surface area (Å²) < 4.78 is 0. The SMILES string of the molecule is CCC1CC1Nc1ccsc1[N+](=O)[O-]. The van der Waals surface area contributed by atoms with Crippen LogP contribution in [0.1, 0.15) is 19.8 Å². The molecule has 1 fully saturated rings. The van der Waals surface area contributed by atoms with Crippen LogP contribution in [0.3, 0.4) is 0 Å². The number of nitrogens with one attached hydrogen (secondary N) is 1. The van der Waals surface area contributed by atoms with Crippen molar-refractivity contribution in [1.82, 2.24) is 0 Å². The molecule has 76 valence electrons. The molecule has 0 saturated heterocycles. The Balaban J connectivity index is 2.03. The summed E-state index contributed by atoms with van der Waals surface area (Å²) in [7, 11) is 0. The van der Waals surface area contributed by atoms with Gasteiger partial charge in [-0.25, -0.2) is 0 Å². The van der Waals surface area contributed by atoms with Crippen LogP contribution in [0.4, 0.5) is 10.7 Å². The maximum absolute atomic E-state index is 10.6. The van der Waals surface area contributed by atoms with Crippen molar-refractivity contribution in [1.29, 1.82) is 0 Å². The smallest absolute Gasteiger partial charge is 0.347 e. The van der Waals surface area contributed by atoms with Crippen molar-refractivity contribution in [3.8, 4) is 0 Å². The zero-order valence-corrected chi connectivity index (χ0v) is 8.71. The number of thiophene rings is 1. The van der Waals surface area contributed by atoms with Crippen LogP contribution >= 0.6 is 11.3 Å². The second kappa shape index (κ2) is 3.57. The lowest BCUT2D eigenvalue weighted by molar-refractivity contribution is -0.379. The Morgan fingerprint density at radius 3 is 3.14 bits per heavy atom. The van der Waals surface area contributed by atoms with Gasteiger partial charge in [0.05, 0.1) is 4.92 Å². The summed E-state index contributed by atoms with van der Waals surface area (Å²) in [5.74, 6) is 0.703. The van der Waals surface area contributed by atoms with Crippen LogP contribution in [-0.4, -0.2) is 11.0 Å². The van der Waals surface area contributed by atoms with Crippen molar-refractivity contribution in [2.45, 2.75) is 25.8 Å². The molecule has 5 heteroatoms. The normalized spacial score (nSPS) is 24.6. The molecule has 4 nitrogen and oxygen atoms in total. The zero-order valence-electron chi connectivity index (χ0n) is 7.90. The fourth-order valence-electron chi connectivity index (χ4n) is 1.63. The predicted octanol–water partition coefficient (Wildman–Crippen LogP) is 2.87. The van der Waals surface area contributed by atoms with Crippen LogP contribution in [0.5, 0.6) is 0 Å². The van der Waals surface area contributed by atoms with Crippen molar-refractivity contribution in [2.75, 3.05) is 5.32 Å². The minimum atomic E-state index is -0.323. The Labute approximate surface area is 86.1 Å². The molecule has 2 atom stereocenters. The van der Waals surface area contributed by atoms with Crippen LogP contribution in [-0.2, 0) is 0 Å². The highest BCUT2D eigenvalue weighted by atomic mass is 32.1. The molecule has 14 heavy (non-hydrogen) atoms. The van der Waals surface area contributed by atoms with Crippen molar-refractivity contribution >= 4 is 22.0 Å². The number of nitrogens with zero attached hydrogens (tertiary/aromatic N) is 1. The molecule has 1 aromatic rings. The van der Waals surface area contributed by atoms with Gasteiger partial charge in [0.1, 0.15) is 5.69 Å². The predicted molar refractivity (Wildman–Crippen MR) is 56.8 cm³/mol. The van der Waals surface area contributed by atoms with E-state index in [0.717, 1.165) is 12.8 Å². The molecule has 2 rings (SSSR count). The summed E-state index contributed by atoms with van der Waals surface area (Å²) in [6.07, 6.45) is 2.29. The summed E-state index contributed by atoms with van der Waals surface area (Å²) in [4.78, 5) is 10.3. The lowest BCUT2D eigenvalue weighted by atomic mass is 10.3. The summed E-state index contributed by atoms with van der Waals surface area (Å²) >= 11 is 1.17. The molecule has 0 bridgehead atoms. The number of hydrogen-bond donors (Lipinski definition) is 1. The van der Waals surface area contributed by atoms with E-state index >= 15 is 0 Å².